The predicted molar refractivity (Wildman–Crippen MR) is 83.4 cm³/mol. The Morgan fingerprint density at radius 3 is 2.30 bits per heavy atom. The monoisotopic (exact) mass is 278 g/mol. The molecule has 1 aromatic rings. The Bertz CT molecular complexity index is 417. The number of nitrogens with zero attached hydrogens (tertiary/aromatic N) is 2. The number of hydrogen-bond acceptors (Lipinski definition) is 3. The molecule has 0 aromatic heterocycles. The summed E-state index contributed by atoms with van der Waals surface area (Å²) in [6, 6.07) is 8.16. The van der Waals surface area contributed by atoms with E-state index < -0.39 is 5.97 Å². The van der Waals surface area contributed by atoms with Crippen molar-refractivity contribution < 1.29 is 9.90 Å². The number of carboxylic acid groups (broad SMARTS) is 1. The standard InChI is InChI=1S/C16H26N2O2/c1-4-17(5-2)12-13-18(11-10-16(19)20)15-9-7-6-8-14(15)3/h6-9H,4-5,10-13H2,1-3H3,(H,19,20). The summed E-state index contributed by atoms with van der Waals surface area (Å²) in [7, 11) is 0. The Balaban J connectivity index is 2.74. The average molecular weight is 278 g/mol. The molecule has 4 nitrogen and oxygen atoms in total. The van der Waals surface area contributed by atoms with Crippen molar-refractivity contribution in [3.05, 3.63) is 29.8 Å². The zero-order valence-electron chi connectivity index (χ0n) is 12.8. The van der Waals surface area contributed by atoms with Gasteiger partial charge in [0.05, 0.1) is 6.42 Å². The van der Waals surface area contributed by atoms with E-state index in [0.29, 0.717) is 6.54 Å². The number of hydrogen-bond donors (Lipinski definition) is 1. The minimum absolute atomic E-state index is 0.173. The number of benzene rings is 1. The molecule has 0 heterocycles. The van der Waals surface area contributed by atoms with E-state index in [1.165, 1.54) is 5.56 Å². The number of anilines is 1. The second-order valence-electron chi connectivity index (χ2n) is 4.94. The van der Waals surface area contributed by atoms with E-state index in [1.54, 1.807) is 0 Å². The van der Waals surface area contributed by atoms with Crippen LogP contribution in [0.15, 0.2) is 24.3 Å². The summed E-state index contributed by atoms with van der Waals surface area (Å²) in [5.74, 6) is -0.744. The van der Waals surface area contributed by atoms with Crippen LogP contribution in [-0.2, 0) is 4.79 Å². The smallest absolute Gasteiger partial charge is 0.305 e. The van der Waals surface area contributed by atoms with Crippen molar-refractivity contribution in [3.63, 3.8) is 0 Å². The molecule has 20 heavy (non-hydrogen) atoms. The van der Waals surface area contributed by atoms with Gasteiger partial charge >= 0.3 is 5.97 Å². The fourth-order valence-electron chi connectivity index (χ4n) is 2.30. The molecule has 0 amide bonds. The van der Waals surface area contributed by atoms with Gasteiger partial charge in [0, 0.05) is 25.3 Å². The highest BCUT2D eigenvalue weighted by molar-refractivity contribution is 5.68. The zero-order valence-corrected chi connectivity index (χ0v) is 12.8. The van der Waals surface area contributed by atoms with Crippen molar-refractivity contribution in [1.82, 2.24) is 4.90 Å². The fraction of sp³-hybridized carbons (Fsp3) is 0.562. The first-order valence-electron chi connectivity index (χ1n) is 7.33. The van der Waals surface area contributed by atoms with Crippen LogP contribution in [0, 0.1) is 6.92 Å². The Kier molecular flexibility index (Phi) is 7.09. The second-order valence-corrected chi connectivity index (χ2v) is 4.94. The Morgan fingerprint density at radius 1 is 1.10 bits per heavy atom. The maximum atomic E-state index is 10.8. The van der Waals surface area contributed by atoms with E-state index in [4.69, 9.17) is 5.11 Å². The van der Waals surface area contributed by atoms with Crippen molar-refractivity contribution in [2.75, 3.05) is 37.6 Å². The minimum atomic E-state index is -0.744. The molecule has 0 saturated heterocycles. The highest BCUT2D eigenvalue weighted by Gasteiger charge is 2.11. The summed E-state index contributed by atoms with van der Waals surface area (Å²) < 4.78 is 0. The number of aliphatic carboxylic acids is 1. The lowest BCUT2D eigenvalue weighted by atomic mass is 10.1. The number of para-hydroxylation sites is 1. The molecule has 0 unspecified atom stereocenters. The maximum Gasteiger partial charge on any atom is 0.305 e. The molecular weight excluding hydrogens is 252 g/mol. The third-order valence-electron chi connectivity index (χ3n) is 3.63. The van der Waals surface area contributed by atoms with Gasteiger partial charge in [0.2, 0.25) is 0 Å². The number of rotatable bonds is 9. The molecule has 0 fully saturated rings. The van der Waals surface area contributed by atoms with E-state index >= 15 is 0 Å². The molecule has 0 spiro atoms. The summed E-state index contributed by atoms with van der Waals surface area (Å²) in [4.78, 5) is 15.4. The summed E-state index contributed by atoms with van der Waals surface area (Å²) in [6.07, 6.45) is 0.173. The SMILES string of the molecule is CCN(CC)CCN(CCC(=O)O)c1ccccc1C. The molecule has 1 N–H and O–H groups in total. The summed E-state index contributed by atoms with van der Waals surface area (Å²) >= 11 is 0. The Hall–Kier alpha value is -1.55. The van der Waals surface area contributed by atoms with Crippen LogP contribution in [0.5, 0.6) is 0 Å². The molecule has 0 aliphatic heterocycles. The predicted octanol–water partition coefficient (Wildman–Crippen LogP) is 2.62. The topological polar surface area (TPSA) is 43.8 Å². The van der Waals surface area contributed by atoms with Crippen molar-refractivity contribution in [2.45, 2.75) is 27.2 Å². The van der Waals surface area contributed by atoms with Gasteiger partial charge in [-0.15, -0.1) is 0 Å². The first kappa shape index (κ1) is 16.5. The van der Waals surface area contributed by atoms with Crippen LogP contribution < -0.4 is 4.90 Å². The first-order valence-corrected chi connectivity index (χ1v) is 7.33. The number of likely N-dealkylation sites (N-methyl/N-ethyl adjacent to an activating group) is 1. The van der Waals surface area contributed by atoms with Crippen LogP contribution >= 0.6 is 0 Å². The van der Waals surface area contributed by atoms with Gasteiger partial charge in [0.25, 0.3) is 0 Å². The van der Waals surface area contributed by atoms with Gasteiger partial charge in [-0.2, -0.15) is 0 Å². The van der Waals surface area contributed by atoms with E-state index in [0.717, 1.165) is 31.9 Å². The Labute approximate surface area is 122 Å². The van der Waals surface area contributed by atoms with Crippen molar-refractivity contribution in [1.29, 1.82) is 0 Å². The van der Waals surface area contributed by atoms with E-state index in [1.807, 2.05) is 12.1 Å². The highest BCUT2D eigenvalue weighted by atomic mass is 16.4. The second kappa shape index (κ2) is 8.59. The van der Waals surface area contributed by atoms with E-state index in [2.05, 4.69) is 42.7 Å². The lowest BCUT2D eigenvalue weighted by Crippen LogP contribution is -2.36. The average Bonchev–Trinajstić information content (AvgIpc) is 2.44. The number of aryl methyl sites for hydroxylation is 1. The van der Waals surface area contributed by atoms with E-state index in [9.17, 15) is 4.79 Å². The quantitative estimate of drug-likeness (QED) is 0.754. The van der Waals surface area contributed by atoms with Gasteiger partial charge in [-0.05, 0) is 31.6 Å². The van der Waals surface area contributed by atoms with Gasteiger partial charge in [-0.25, -0.2) is 0 Å². The molecule has 0 aliphatic carbocycles. The third-order valence-corrected chi connectivity index (χ3v) is 3.63. The molecule has 0 radical (unpaired) electrons. The van der Waals surface area contributed by atoms with Crippen molar-refractivity contribution in [2.24, 2.45) is 0 Å². The van der Waals surface area contributed by atoms with Gasteiger partial charge in [-0.1, -0.05) is 32.0 Å². The zero-order chi connectivity index (χ0) is 15.0. The van der Waals surface area contributed by atoms with Gasteiger partial charge < -0.3 is 14.9 Å². The molecule has 1 aromatic carbocycles. The summed E-state index contributed by atoms with van der Waals surface area (Å²) in [5.41, 5.74) is 2.33. The van der Waals surface area contributed by atoms with Crippen LogP contribution in [0.1, 0.15) is 25.8 Å². The normalized spacial score (nSPS) is 10.8. The lowest BCUT2D eigenvalue weighted by molar-refractivity contribution is -0.136. The van der Waals surface area contributed by atoms with Gasteiger partial charge in [0.1, 0.15) is 0 Å². The molecule has 1 rings (SSSR count). The van der Waals surface area contributed by atoms with E-state index in [-0.39, 0.29) is 6.42 Å². The molecule has 4 heteroatoms. The fourth-order valence-corrected chi connectivity index (χ4v) is 2.30. The third kappa shape index (κ3) is 5.21. The van der Waals surface area contributed by atoms with Crippen LogP contribution in [0.25, 0.3) is 0 Å². The summed E-state index contributed by atoms with van der Waals surface area (Å²) in [6.45, 7) is 10.8. The maximum absolute atomic E-state index is 10.8. The van der Waals surface area contributed by atoms with Crippen molar-refractivity contribution >= 4 is 11.7 Å². The van der Waals surface area contributed by atoms with Crippen LogP contribution in [0.4, 0.5) is 5.69 Å². The number of carboxylic acids is 1. The first-order chi connectivity index (χ1) is 9.58. The van der Waals surface area contributed by atoms with Gasteiger partial charge in [-0.3, -0.25) is 4.79 Å². The summed E-state index contributed by atoms with van der Waals surface area (Å²) in [5, 5.41) is 8.91. The largest absolute Gasteiger partial charge is 0.481 e. The molecule has 0 atom stereocenters. The molecule has 0 bridgehead atoms. The van der Waals surface area contributed by atoms with Crippen molar-refractivity contribution in [3.8, 4) is 0 Å². The lowest BCUT2D eigenvalue weighted by Gasteiger charge is -2.29. The van der Waals surface area contributed by atoms with Gasteiger partial charge in [0.15, 0.2) is 0 Å². The number of carbonyl (C=O) groups is 1. The molecule has 0 saturated carbocycles. The van der Waals surface area contributed by atoms with Crippen LogP contribution in [-0.4, -0.2) is 48.7 Å². The molecule has 0 aliphatic rings. The molecular formula is C16H26N2O2. The molecule has 112 valence electrons. The highest BCUT2D eigenvalue weighted by Crippen LogP contribution is 2.19. The van der Waals surface area contributed by atoms with Crippen LogP contribution in [0.3, 0.4) is 0 Å². The Morgan fingerprint density at radius 2 is 1.75 bits per heavy atom. The minimum Gasteiger partial charge on any atom is -0.481 e. The van der Waals surface area contributed by atoms with Crippen LogP contribution in [0.2, 0.25) is 0 Å².